The summed E-state index contributed by atoms with van der Waals surface area (Å²) in [6.45, 7) is 1.77. The number of ether oxygens (including phenoxy) is 1. The molecule has 0 saturated carbocycles. The first-order valence-corrected chi connectivity index (χ1v) is 9.87. The molecule has 0 unspecified atom stereocenters. The molecule has 0 fully saturated rings. The predicted octanol–water partition coefficient (Wildman–Crippen LogP) is 4.65. The fraction of sp³-hybridized carbons (Fsp3) is 0.182. The van der Waals surface area contributed by atoms with E-state index in [1.165, 1.54) is 11.1 Å². The minimum absolute atomic E-state index is 0.0393. The van der Waals surface area contributed by atoms with Gasteiger partial charge in [-0.2, -0.15) is 0 Å². The average molecular weight is 376 g/mol. The fourth-order valence-electron chi connectivity index (χ4n) is 3.14. The van der Waals surface area contributed by atoms with Gasteiger partial charge in [0.25, 0.3) is 5.91 Å². The van der Waals surface area contributed by atoms with Gasteiger partial charge in [0.2, 0.25) is 0 Å². The number of amides is 1. The van der Waals surface area contributed by atoms with Crippen molar-refractivity contribution < 1.29 is 9.53 Å². The SMILES string of the molecule is O=C(c1cccc(OCc2cscn2)c1)N1CC=C(c2ccccc2)CC1. The van der Waals surface area contributed by atoms with Gasteiger partial charge in [-0.1, -0.05) is 42.5 Å². The van der Waals surface area contributed by atoms with Gasteiger partial charge in [-0.15, -0.1) is 11.3 Å². The number of hydrogen-bond donors (Lipinski definition) is 0. The van der Waals surface area contributed by atoms with Crippen LogP contribution >= 0.6 is 11.3 Å². The molecule has 0 atom stereocenters. The summed E-state index contributed by atoms with van der Waals surface area (Å²) in [6, 6.07) is 17.7. The third-order valence-electron chi connectivity index (χ3n) is 4.59. The third kappa shape index (κ3) is 4.26. The number of rotatable bonds is 5. The third-order valence-corrected chi connectivity index (χ3v) is 5.23. The van der Waals surface area contributed by atoms with E-state index in [-0.39, 0.29) is 5.91 Å². The molecule has 0 radical (unpaired) electrons. The molecule has 0 N–H and O–H groups in total. The minimum atomic E-state index is 0.0393. The summed E-state index contributed by atoms with van der Waals surface area (Å²) in [5.41, 5.74) is 5.88. The zero-order chi connectivity index (χ0) is 18.5. The van der Waals surface area contributed by atoms with Gasteiger partial charge < -0.3 is 9.64 Å². The van der Waals surface area contributed by atoms with Gasteiger partial charge in [-0.25, -0.2) is 4.98 Å². The number of carbonyl (C=O) groups is 1. The standard InChI is InChI=1S/C22H20N2O2S/c25-22(24-11-9-18(10-12-24)17-5-2-1-3-6-17)19-7-4-8-21(13-19)26-14-20-15-27-16-23-20/h1-9,13,15-16H,10-12,14H2. The smallest absolute Gasteiger partial charge is 0.254 e. The highest BCUT2D eigenvalue weighted by atomic mass is 32.1. The van der Waals surface area contributed by atoms with E-state index in [4.69, 9.17) is 4.74 Å². The molecule has 5 heteroatoms. The van der Waals surface area contributed by atoms with Gasteiger partial charge in [0.1, 0.15) is 12.4 Å². The maximum atomic E-state index is 12.9. The molecular formula is C22H20N2O2S. The Bertz CT molecular complexity index is 936. The Balaban J connectivity index is 1.41. The van der Waals surface area contributed by atoms with E-state index < -0.39 is 0 Å². The van der Waals surface area contributed by atoms with Crippen LogP contribution in [0, 0.1) is 0 Å². The highest BCUT2D eigenvalue weighted by Gasteiger charge is 2.19. The lowest BCUT2D eigenvalue weighted by Gasteiger charge is -2.27. The van der Waals surface area contributed by atoms with Crippen LogP contribution in [0.25, 0.3) is 5.57 Å². The van der Waals surface area contributed by atoms with Crippen molar-refractivity contribution >= 4 is 22.8 Å². The lowest BCUT2D eigenvalue weighted by molar-refractivity contribution is 0.0772. The molecule has 0 spiro atoms. The largest absolute Gasteiger partial charge is 0.487 e. The number of nitrogens with zero attached hydrogens (tertiary/aromatic N) is 2. The van der Waals surface area contributed by atoms with Gasteiger partial charge in [-0.3, -0.25) is 4.79 Å². The van der Waals surface area contributed by atoms with Crippen LogP contribution < -0.4 is 4.74 Å². The van der Waals surface area contributed by atoms with Crippen molar-refractivity contribution in [1.29, 1.82) is 0 Å². The minimum Gasteiger partial charge on any atom is -0.487 e. The molecular weight excluding hydrogens is 356 g/mol. The molecule has 4 rings (SSSR count). The predicted molar refractivity (Wildman–Crippen MR) is 108 cm³/mol. The van der Waals surface area contributed by atoms with Crippen molar-refractivity contribution in [2.75, 3.05) is 13.1 Å². The van der Waals surface area contributed by atoms with Crippen LogP contribution in [-0.2, 0) is 6.61 Å². The van der Waals surface area contributed by atoms with Crippen molar-refractivity contribution in [2.24, 2.45) is 0 Å². The maximum Gasteiger partial charge on any atom is 0.254 e. The number of benzene rings is 2. The molecule has 136 valence electrons. The number of carbonyl (C=O) groups excluding carboxylic acids is 1. The van der Waals surface area contributed by atoms with Crippen LogP contribution in [0.15, 0.2) is 71.6 Å². The Morgan fingerprint density at radius 3 is 2.78 bits per heavy atom. The monoisotopic (exact) mass is 376 g/mol. The van der Waals surface area contributed by atoms with Gasteiger partial charge in [0.15, 0.2) is 0 Å². The first kappa shape index (κ1) is 17.5. The van der Waals surface area contributed by atoms with Gasteiger partial charge in [-0.05, 0) is 35.8 Å². The normalized spacial score (nSPS) is 13.9. The van der Waals surface area contributed by atoms with E-state index in [9.17, 15) is 4.79 Å². The second-order valence-electron chi connectivity index (χ2n) is 6.39. The molecule has 0 saturated heterocycles. The Morgan fingerprint density at radius 1 is 1.15 bits per heavy atom. The van der Waals surface area contributed by atoms with E-state index in [2.05, 4.69) is 23.2 Å². The summed E-state index contributed by atoms with van der Waals surface area (Å²) in [5.74, 6) is 0.726. The molecule has 1 aliphatic rings. The number of aromatic nitrogens is 1. The Morgan fingerprint density at radius 2 is 2.04 bits per heavy atom. The van der Waals surface area contributed by atoms with Crippen molar-refractivity contribution in [3.63, 3.8) is 0 Å². The first-order chi connectivity index (χ1) is 13.3. The Kier molecular flexibility index (Phi) is 5.30. The average Bonchev–Trinajstić information content (AvgIpc) is 3.26. The maximum absolute atomic E-state index is 12.9. The molecule has 1 aromatic heterocycles. The summed E-state index contributed by atoms with van der Waals surface area (Å²) in [7, 11) is 0. The highest BCUT2D eigenvalue weighted by Crippen LogP contribution is 2.24. The van der Waals surface area contributed by atoms with Gasteiger partial charge in [0.05, 0.1) is 11.2 Å². The zero-order valence-electron chi connectivity index (χ0n) is 14.9. The second kappa shape index (κ2) is 8.18. The van der Waals surface area contributed by atoms with Crippen LogP contribution in [0.2, 0.25) is 0 Å². The van der Waals surface area contributed by atoms with Gasteiger partial charge in [0, 0.05) is 24.0 Å². The van der Waals surface area contributed by atoms with E-state index >= 15 is 0 Å². The summed E-state index contributed by atoms with van der Waals surface area (Å²) < 4.78 is 5.76. The lowest BCUT2D eigenvalue weighted by Crippen LogP contribution is -2.34. The van der Waals surface area contributed by atoms with E-state index in [1.807, 2.05) is 52.7 Å². The van der Waals surface area contributed by atoms with Crippen LogP contribution in [0.4, 0.5) is 0 Å². The molecule has 3 aromatic rings. The summed E-state index contributed by atoms with van der Waals surface area (Å²) >= 11 is 1.54. The quantitative estimate of drug-likeness (QED) is 0.651. The summed E-state index contributed by atoms with van der Waals surface area (Å²) in [4.78, 5) is 18.9. The van der Waals surface area contributed by atoms with Crippen molar-refractivity contribution in [3.8, 4) is 5.75 Å². The van der Waals surface area contributed by atoms with E-state index in [1.54, 1.807) is 16.8 Å². The molecule has 0 bridgehead atoms. The Labute approximate surface area is 162 Å². The molecule has 4 nitrogen and oxygen atoms in total. The summed E-state index contributed by atoms with van der Waals surface area (Å²) in [6.07, 6.45) is 3.02. The van der Waals surface area contributed by atoms with Crippen molar-refractivity contribution in [3.05, 3.63) is 88.4 Å². The molecule has 2 aromatic carbocycles. The topological polar surface area (TPSA) is 42.4 Å². The molecule has 27 heavy (non-hydrogen) atoms. The van der Waals surface area contributed by atoms with Gasteiger partial charge >= 0.3 is 0 Å². The summed E-state index contributed by atoms with van der Waals surface area (Å²) in [5, 5.41) is 1.96. The van der Waals surface area contributed by atoms with Crippen LogP contribution in [0.5, 0.6) is 5.75 Å². The van der Waals surface area contributed by atoms with E-state index in [0.717, 1.165) is 18.7 Å². The molecule has 1 amide bonds. The van der Waals surface area contributed by atoms with Crippen LogP contribution in [0.3, 0.4) is 0 Å². The van der Waals surface area contributed by atoms with Crippen LogP contribution in [-0.4, -0.2) is 28.9 Å². The molecule has 0 aliphatic carbocycles. The highest BCUT2D eigenvalue weighted by molar-refractivity contribution is 7.07. The number of thiazole rings is 1. The van der Waals surface area contributed by atoms with Crippen LogP contribution in [0.1, 0.15) is 28.0 Å². The fourth-order valence-corrected chi connectivity index (χ4v) is 3.68. The molecule has 2 heterocycles. The molecule has 1 aliphatic heterocycles. The first-order valence-electron chi connectivity index (χ1n) is 8.93. The van der Waals surface area contributed by atoms with E-state index in [0.29, 0.717) is 24.5 Å². The lowest BCUT2D eigenvalue weighted by atomic mass is 9.99. The number of hydrogen-bond acceptors (Lipinski definition) is 4. The second-order valence-corrected chi connectivity index (χ2v) is 7.11. The zero-order valence-corrected chi connectivity index (χ0v) is 15.7. The van der Waals surface area contributed by atoms with Crippen molar-refractivity contribution in [2.45, 2.75) is 13.0 Å². The Hall–Kier alpha value is -2.92. The van der Waals surface area contributed by atoms with Crippen molar-refractivity contribution in [1.82, 2.24) is 9.88 Å².